The molecule has 0 radical (unpaired) electrons. The molecule has 0 saturated carbocycles. The van der Waals surface area contributed by atoms with E-state index in [1.165, 1.54) is 13.2 Å². The number of benzene rings is 2. The Balaban J connectivity index is 1.88. The van der Waals surface area contributed by atoms with Gasteiger partial charge in [-0.3, -0.25) is 0 Å². The average Bonchev–Trinajstić information content (AvgIpc) is 2.49. The zero-order chi connectivity index (χ0) is 14.4. The van der Waals surface area contributed by atoms with Gasteiger partial charge in [-0.05, 0) is 17.2 Å². The molecule has 0 bridgehead atoms. The van der Waals surface area contributed by atoms with Crippen LogP contribution in [0.3, 0.4) is 0 Å². The molecule has 2 aromatic carbocycles. The summed E-state index contributed by atoms with van der Waals surface area (Å²) in [7, 11) is 1.53. The lowest BCUT2D eigenvalue weighted by Gasteiger charge is -2.08. The van der Waals surface area contributed by atoms with Crippen molar-refractivity contribution in [3.8, 4) is 5.75 Å². The van der Waals surface area contributed by atoms with Gasteiger partial charge in [0, 0.05) is 30.6 Å². The molecule has 2 nitrogen and oxygen atoms in total. The number of hydrogen-bond donors (Lipinski definition) is 1. The lowest BCUT2D eigenvalue weighted by atomic mass is 10.1. The van der Waals surface area contributed by atoms with Crippen LogP contribution < -0.4 is 10.1 Å². The Morgan fingerprint density at radius 1 is 1.05 bits per heavy atom. The summed E-state index contributed by atoms with van der Waals surface area (Å²) in [5, 5.41) is 3.22. The van der Waals surface area contributed by atoms with Gasteiger partial charge in [-0.1, -0.05) is 30.3 Å². The van der Waals surface area contributed by atoms with E-state index in [1.54, 1.807) is 12.1 Å². The molecule has 0 saturated heterocycles. The largest absolute Gasteiger partial charge is 0.497 e. The van der Waals surface area contributed by atoms with Crippen molar-refractivity contribution < 1.29 is 9.13 Å². The minimum Gasteiger partial charge on any atom is -0.497 e. The lowest BCUT2D eigenvalue weighted by molar-refractivity contribution is 0.410. The number of ether oxygens (including phenoxy) is 1. The summed E-state index contributed by atoms with van der Waals surface area (Å²) in [6.45, 7) is 1.17. The molecule has 1 N–H and O–H groups in total. The Hall–Kier alpha value is -1.58. The molecule has 0 heterocycles. The maximum Gasteiger partial charge on any atom is 0.131 e. The van der Waals surface area contributed by atoms with E-state index >= 15 is 0 Å². The van der Waals surface area contributed by atoms with E-state index in [2.05, 4.69) is 5.32 Å². The Kier molecular flexibility index (Phi) is 5.39. The van der Waals surface area contributed by atoms with Crippen LogP contribution in [0, 0.1) is 5.82 Å². The molecule has 0 aliphatic carbocycles. The zero-order valence-corrected chi connectivity index (χ0v) is 12.1. The Morgan fingerprint density at radius 3 is 2.35 bits per heavy atom. The molecule has 20 heavy (non-hydrogen) atoms. The first-order valence-corrected chi connectivity index (χ1v) is 6.93. The summed E-state index contributed by atoms with van der Waals surface area (Å²) in [4.78, 5) is 0. The summed E-state index contributed by atoms with van der Waals surface area (Å²) in [5.74, 6) is 0.794. The molecule has 0 unspecified atom stereocenters. The van der Waals surface area contributed by atoms with Crippen molar-refractivity contribution in [2.45, 2.75) is 19.0 Å². The normalized spacial score (nSPS) is 10.6. The zero-order valence-electron chi connectivity index (χ0n) is 11.3. The van der Waals surface area contributed by atoms with E-state index < -0.39 is 0 Å². The molecule has 0 amide bonds. The smallest absolute Gasteiger partial charge is 0.131 e. The van der Waals surface area contributed by atoms with Gasteiger partial charge in [-0.2, -0.15) is 0 Å². The van der Waals surface area contributed by atoms with Crippen molar-refractivity contribution in [1.82, 2.24) is 5.32 Å². The van der Waals surface area contributed by atoms with E-state index in [4.69, 9.17) is 16.3 Å². The SMILES string of the molecule is COc1ccc(CNCc2ccc(CCl)cc2)c(F)c1. The van der Waals surface area contributed by atoms with Crippen molar-refractivity contribution in [2.24, 2.45) is 0 Å². The second kappa shape index (κ2) is 7.27. The van der Waals surface area contributed by atoms with E-state index in [0.29, 0.717) is 30.3 Å². The molecule has 0 aliphatic rings. The van der Waals surface area contributed by atoms with Crippen molar-refractivity contribution in [3.63, 3.8) is 0 Å². The van der Waals surface area contributed by atoms with Crippen molar-refractivity contribution in [2.75, 3.05) is 7.11 Å². The number of nitrogens with one attached hydrogen (secondary N) is 1. The fraction of sp³-hybridized carbons (Fsp3) is 0.250. The highest BCUT2D eigenvalue weighted by molar-refractivity contribution is 6.17. The van der Waals surface area contributed by atoms with Gasteiger partial charge in [0.1, 0.15) is 11.6 Å². The van der Waals surface area contributed by atoms with Crippen LogP contribution in [-0.2, 0) is 19.0 Å². The van der Waals surface area contributed by atoms with Gasteiger partial charge >= 0.3 is 0 Å². The van der Waals surface area contributed by atoms with Crippen LogP contribution in [0.15, 0.2) is 42.5 Å². The predicted molar refractivity (Wildman–Crippen MR) is 79.5 cm³/mol. The van der Waals surface area contributed by atoms with Crippen LogP contribution >= 0.6 is 11.6 Å². The monoisotopic (exact) mass is 293 g/mol. The van der Waals surface area contributed by atoms with Gasteiger partial charge in [-0.15, -0.1) is 11.6 Å². The highest BCUT2D eigenvalue weighted by Gasteiger charge is 2.03. The molecular weight excluding hydrogens is 277 g/mol. The van der Waals surface area contributed by atoms with Crippen LogP contribution in [0.25, 0.3) is 0 Å². The Bertz CT molecular complexity index is 557. The number of methoxy groups -OCH3 is 1. The van der Waals surface area contributed by atoms with Gasteiger partial charge in [-0.25, -0.2) is 4.39 Å². The molecule has 0 spiro atoms. The second-order valence-corrected chi connectivity index (χ2v) is 4.78. The van der Waals surface area contributed by atoms with Crippen molar-refractivity contribution >= 4 is 11.6 Å². The fourth-order valence-electron chi connectivity index (χ4n) is 1.89. The van der Waals surface area contributed by atoms with Crippen LogP contribution in [0.2, 0.25) is 0 Å². The van der Waals surface area contributed by atoms with Gasteiger partial charge in [0.25, 0.3) is 0 Å². The number of hydrogen-bond acceptors (Lipinski definition) is 2. The average molecular weight is 294 g/mol. The number of halogens is 2. The molecule has 0 aliphatic heterocycles. The van der Waals surface area contributed by atoms with Gasteiger partial charge in [0.05, 0.1) is 7.11 Å². The summed E-state index contributed by atoms with van der Waals surface area (Å²) < 4.78 is 18.7. The van der Waals surface area contributed by atoms with Gasteiger partial charge < -0.3 is 10.1 Å². The Labute approximate surface area is 123 Å². The second-order valence-electron chi connectivity index (χ2n) is 4.51. The van der Waals surface area contributed by atoms with E-state index in [9.17, 15) is 4.39 Å². The minimum absolute atomic E-state index is 0.255. The fourth-order valence-corrected chi connectivity index (χ4v) is 2.06. The van der Waals surface area contributed by atoms with Crippen LogP contribution in [0.1, 0.15) is 16.7 Å². The molecular formula is C16H17ClFNO. The molecule has 106 valence electrons. The topological polar surface area (TPSA) is 21.3 Å². The molecule has 0 atom stereocenters. The summed E-state index contributed by atoms with van der Waals surface area (Å²) >= 11 is 5.74. The number of rotatable bonds is 6. The third-order valence-corrected chi connectivity index (χ3v) is 3.39. The van der Waals surface area contributed by atoms with Gasteiger partial charge in [0.2, 0.25) is 0 Å². The van der Waals surface area contributed by atoms with Crippen LogP contribution in [0.4, 0.5) is 4.39 Å². The standard InChI is InChI=1S/C16H17ClFNO/c1-20-15-7-6-14(16(18)8-15)11-19-10-13-4-2-12(9-17)3-5-13/h2-8,19H,9-11H2,1H3. The summed E-state index contributed by atoms with van der Waals surface area (Å²) in [5.41, 5.74) is 2.87. The Morgan fingerprint density at radius 2 is 1.75 bits per heavy atom. The van der Waals surface area contributed by atoms with Crippen molar-refractivity contribution in [1.29, 1.82) is 0 Å². The van der Waals surface area contributed by atoms with E-state index in [-0.39, 0.29) is 5.82 Å². The maximum atomic E-state index is 13.7. The van der Waals surface area contributed by atoms with Gasteiger partial charge in [0.15, 0.2) is 0 Å². The first kappa shape index (κ1) is 14.8. The number of alkyl halides is 1. The highest BCUT2D eigenvalue weighted by Crippen LogP contribution is 2.16. The molecule has 4 heteroatoms. The minimum atomic E-state index is -0.255. The first-order valence-electron chi connectivity index (χ1n) is 6.40. The molecule has 0 aromatic heterocycles. The summed E-state index contributed by atoms with van der Waals surface area (Å²) in [6.07, 6.45) is 0. The predicted octanol–water partition coefficient (Wildman–Crippen LogP) is 3.86. The summed E-state index contributed by atoms with van der Waals surface area (Å²) in [6, 6.07) is 12.9. The molecule has 2 rings (SSSR count). The van der Waals surface area contributed by atoms with Crippen molar-refractivity contribution in [3.05, 3.63) is 65.0 Å². The maximum absolute atomic E-state index is 13.7. The van der Waals surface area contributed by atoms with Crippen LogP contribution in [-0.4, -0.2) is 7.11 Å². The van der Waals surface area contributed by atoms with E-state index in [1.807, 2.05) is 24.3 Å². The van der Waals surface area contributed by atoms with Crippen LogP contribution in [0.5, 0.6) is 5.75 Å². The quantitative estimate of drug-likeness (QED) is 0.817. The lowest BCUT2D eigenvalue weighted by Crippen LogP contribution is -2.13. The van der Waals surface area contributed by atoms with E-state index in [0.717, 1.165) is 11.1 Å². The molecule has 2 aromatic rings. The molecule has 0 fully saturated rings. The third-order valence-electron chi connectivity index (χ3n) is 3.08. The highest BCUT2D eigenvalue weighted by atomic mass is 35.5. The third kappa shape index (κ3) is 3.95. The first-order chi connectivity index (χ1) is 9.72.